The molecule has 0 fully saturated rings. The summed E-state index contributed by atoms with van der Waals surface area (Å²) in [5.41, 5.74) is 11.1. The first-order valence-electron chi connectivity index (χ1n) is 16.5. The van der Waals surface area contributed by atoms with E-state index in [2.05, 4.69) is 109 Å². The molecule has 0 spiro atoms. The fourth-order valence-electron chi connectivity index (χ4n) is 7.54. The molecule has 0 radical (unpaired) electrons. The summed E-state index contributed by atoms with van der Waals surface area (Å²) >= 11 is 0. The molecule has 6 nitrogen and oxygen atoms in total. The van der Waals surface area contributed by atoms with Crippen LogP contribution in [0.15, 0.2) is 144 Å². The molecule has 3 heterocycles. The lowest BCUT2D eigenvalue weighted by atomic mass is 9.82. The van der Waals surface area contributed by atoms with Crippen molar-refractivity contribution in [1.82, 2.24) is 24.5 Å². The topological polar surface area (TPSA) is 69.6 Å². The summed E-state index contributed by atoms with van der Waals surface area (Å²) in [5.74, 6) is 2.22. The van der Waals surface area contributed by atoms with Crippen molar-refractivity contribution in [3.8, 4) is 51.3 Å². The van der Waals surface area contributed by atoms with Crippen molar-refractivity contribution in [2.45, 2.75) is 19.3 Å². The quantitative estimate of drug-likeness (QED) is 0.193. The van der Waals surface area contributed by atoms with E-state index in [-0.39, 0.29) is 5.41 Å². The molecular weight excluding hydrogens is 603 g/mol. The number of fused-ring (bicyclic) bond motifs is 7. The molecule has 6 aromatic carbocycles. The Kier molecular flexibility index (Phi) is 5.82. The van der Waals surface area contributed by atoms with Crippen LogP contribution in [0.25, 0.3) is 84.2 Å². The normalized spacial score (nSPS) is 13.3. The van der Waals surface area contributed by atoms with E-state index >= 15 is 0 Å². The summed E-state index contributed by atoms with van der Waals surface area (Å²) in [7, 11) is 0. The third kappa shape index (κ3) is 4.14. The molecule has 1 aliphatic rings. The number of para-hydroxylation sites is 3. The SMILES string of the molecule is CC1(C)c2ccccc2-c2cc(-c3nc(-c4cccc5oc(-c6ccccc6)nc45)nc(-n4c5ccccc5c5ccccc54)n3)ccc21. The average molecular weight is 632 g/mol. The molecule has 6 heteroatoms. The third-order valence-corrected chi connectivity index (χ3v) is 9.93. The molecule has 0 N–H and O–H groups in total. The van der Waals surface area contributed by atoms with E-state index in [4.69, 9.17) is 24.4 Å². The van der Waals surface area contributed by atoms with Crippen LogP contribution in [0.1, 0.15) is 25.0 Å². The maximum Gasteiger partial charge on any atom is 0.238 e. The minimum atomic E-state index is -0.0953. The van der Waals surface area contributed by atoms with E-state index in [1.807, 2.05) is 48.5 Å². The van der Waals surface area contributed by atoms with Crippen molar-refractivity contribution in [2.75, 3.05) is 0 Å². The molecule has 0 aliphatic heterocycles. The van der Waals surface area contributed by atoms with Gasteiger partial charge in [-0.15, -0.1) is 0 Å². The largest absolute Gasteiger partial charge is 0.436 e. The van der Waals surface area contributed by atoms with Crippen LogP contribution in [0.4, 0.5) is 0 Å². The Balaban J connectivity index is 1.24. The van der Waals surface area contributed by atoms with Crippen LogP contribution < -0.4 is 0 Å². The molecule has 0 atom stereocenters. The van der Waals surface area contributed by atoms with Crippen LogP contribution >= 0.6 is 0 Å². The van der Waals surface area contributed by atoms with Crippen molar-refractivity contribution >= 4 is 32.9 Å². The Morgan fingerprint density at radius 2 is 1.16 bits per heavy atom. The maximum absolute atomic E-state index is 6.26. The first kappa shape index (κ1) is 27.7. The minimum absolute atomic E-state index is 0.0953. The monoisotopic (exact) mass is 631 g/mol. The highest BCUT2D eigenvalue weighted by Crippen LogP contribution is 2.49. The first-order chi connectivity index (χ1) is 24.0. The van der Waals surface area contributed by atoms with Gasteiger partial charge in [0.05, 0.1) is 11.0 Å². The van der Waals surface area contributed by atoms with Gasteiger partial charge in [0.15, 0.2) is 17.2 Å². The molecule has 9 aromatic rings. The van der Waals surface area contributed by atoms with Crippen LogP contribution in [0.5, 0.6) is 0 Å². The van der Waals surface area contributed by atoms with Crippen molar-refractivity contribution < 1.29 is 4.42 Å². The number of hydrogen-bond donors (Lipinski definition) is 0. The highest BCUT2D eigenvalue weighted by molar-refractivity contribution is 6.09. The smallest absolute Gasteiger partial charge is 0.238 e. The number of aromatic nitrogens is 5. The zero-order chi connectivity index (χ0) is 32.7. The number of hydrogen-bond acceptors (Lipinski definition) is 5. The van der Waals surface area contributed by atoms with E-state index in [1.165, 1.54) is 22.3 Å². The molecule has 0 saturated heterocycles. The molecule has 232 valence electrons. The number of nitrogens with zero attached hydrogens (tertiary/aromatic N) is 5. The predicted octanol–water partition coefficient (Wildman–Crippen LogP) is 10.4. The summed E-state index contributed by atoms with van der Waals surface area (Å²) in [6.45, 7) is 4.59. The standard InChI is InChI=1S/C43H29N5O/c1-43(2)33-19-9-6-15-28(33)32-25-27(23-24-34(32)43)39-45-40(31-18-12-22-37-38(31)44-41(49-37)26-13-4-3-5-14-26)47-42(46-39)48-35-20-10-7-16-29(35)30-17-8-11-21-36(30)48/h3-25H,1-2H3. The second kappa shape index (κ2) is 10.3. The second-order valence-electron chi connectivity index (χ2n) is 13.1. The molecule has 0 unspecified atom stereocenters. The lowest BCUT2D eigenvalue weighted by molar-refractivity contribution is 0.620. The molecule has 49 heavy (non-hydrogen) atoms. The van der Waals surface area contributed by atoms with Crippen LogP contribution in [0, 0.1) is 0 Å². The van der Waals surface area contributed by atoms with Gasteiger partial charge in [-0.25, -0.2) is 9.97 Å². The molecule has 0 saturated carbocycles. The Morgan fingerprint density at radius 3 is 1.96 bits per heavy atom. The van der Waals surface area contributed by atoms with Crippen molar-refractivity contribution in [2.24, 2.45) is 0 Å². The van der Waals surface area contributed by atoms with Crippen LogP contribution in [0.3, 0.4) is 0 Å². The molecule has 0 bridgehead atoms. The second-order valence-corrected chi connectivity index (χ2v) is 13.1. The zero-order valence-corrected chi connectivity index (χ0v) is 26.9. The Labute approximate surface area is 282 Å². The van der Waals surface area contributed by atoms with Crippen molar-refractivity contribution in [3.05, 3.63) is 151 Å². The highest BCUT2D eigenvalue weighted by atomic mass is 16.3. The number of rotatable bonds is 4. The van der Waals surface area contributed by atoms with Crippen LogP contribution in [-0.4, -0.2) is 24.5 Å². The van der Waals surface area contributed by atoms with Gasteiger partial charge in [-0.1, -0.05) is 111 Å². The highest BCUT2D eigenvalue weighted by Gasteiger charge is 2.35. The maximum atomic E-state index is 6.26. The van der Waals surface area contributed by atoms with Crippen LogP contribution in [-0.2, 0) is 5.41 Å². The predicted molar refractivity (Wildman–Crippen MR) is 196 cm³/mol. The molecule has 10 rings (SSSR count). The van der Waals surface area contributed by atoms with E-state index in [0.717, 1.165) is 38.5 Å². The number of oxazole rings is 1. The molecule has 1 aliphatic carbocycles. The minimum Gasteiger partial charge on any atom is -0.436 e. The lowest BCUT2D eigenvalue weighted by Crippen LogP contribution is -2.14. The van der Waals surface area contributed by atoms with Gasteiger partial charge in [0.2, 0.25) is 11.8 Å². The summed E-state index contributed by atoms with van der Waals surface area (Å²) in [4.78, 5) is 20.6. The van der Waals surface area contributed by atoms with Gasteiger partial charge in [-0.2, -0.15) is 9.97 Å². The van der Waals surface area contributed by atoms with Crippen molar-refractivity contribution in [3.63, 3.8) is 0 Å². The first-order valence-corrected chi connectivity index (χ1v) is 16.5. The summed E-state index contributed by atoms with van der Waals surface area (Å²) in [5, 5.41) is 2.29. The third-order valence-electron chi connectivity index (χ3n) is 9.93. The van der Waals surface area contributed by atoms with Gasteiger partial charge >= 0.3 is 0 Å². The van der Waals surface area contributed by atoms with Crippen LogP contribution in [0.2, 0.25) is 0 Å². The Hall–Kier alpha value is -6.40. The Bertz CT molecular complexity index is 2700. The molecule has 0 amide bonds. The van der Waals surface area contributed by atoms with Gasteiger partial charge in [0, 0.05) is 32.9 Å². The van der Waals surface area contributed by atoms with Gasteiger partial charge < -0.3 is 4.42 Å². The lowest BCUT2D eigenvalue weighted by Gasteiger charge is -2.21. The van der Waals surface area contributed by atoms with Gasteiger partial charge in [-0.3, -0.25) is 4.57 Å². The molecular formula is C43H29N5O. The summed E-state index contributed by atoms with van der Waals surface area (Å²) < 4.78 is 8.41. The average Bonchev–Trinajstić information content (AvgIpc) is 3.81. The number of benzene rings is 6. The summed E-state index contributed by atoms with van der Waals surface area (Å²) in [6.07, 6.45) is 0. The Morgan fingerprint density at radius 1 is 0.510 bits per heavy atom. The van der Waals surface area contributed by atoms with E-state index in [0.29, 0.717) is 34.6 Å². The zero-order valence-electron chi connectivity index (χ0n) is 26.9. The van der Waals surface area contributed by atoms with E-state index in [9.17, 15) is 0 Å². The van der Waals surface area contributed by atoms with E-state index < -0.39 is 0 Å². The van der Waals surface area contributed by atoms with Gasteiger partial charge in [0.1, 0.15) is 5.52 Å². The van der Waals surface area contributed by atoms with E-state index in [1.54, 1.807) is 0 Å². The van der Waals surface area contributed by atoms with Crippen molar-refractivity contribution in [1.29, 1.82) is 0 Å². The van der Waals surface area contributed by atoms with Gasteiger partial charge in [0.25, 0.3) is 0 Å². The fourth-order valence-corrected chi connectivity index (χ4v) is 7.54. The van der Waals surface area contributed by atoms with Gasteiger partial charge in [-0.05, 0) is 64.7 Å². The molecule has 3 aromatic heterocycles. The summed E-state index contributed by atoms with van der Waals surface area (Å²) in [6, 6.07) is 48.0. The fraction of sp³-hybridized carbons (Fsp3) is 0.0698.